The molecule has 0 aromatic heterocycles. The van der Waals surface area contributed by atoms with Gasteiger partial charge < -0.3 is 20.1 Å². The molecule has 0 bridgehead atoms. The Morgan fingerprint density at radius 3 is 2.66 bits per heavy atom. The number of allylic oxidation sites excluding steroid dienone is 1. The van der Waals surface area contributed by atoms with E-state index < -0.39 is 17.9 Å². The molecule has 0 aliphatic carbocycles. The van der Waals surface area contributed by atoms with E-state index in [0.717, 1.165) is 12.8 Å². The van der Waals surface area contributed by atoms with E-state index in [0.29, 0.717) is 29.3 Å². The average Bonchev–Trinajstić information content (AvgIpc) is 2.68. The summed E-state index contributed by atoms with van der Waals surface area (Å²) in [5, 5.41) is 13.8. The van der Waals surface area contributed by atoms with E-state index in [1.54, 1.807) is 38.3 Å². The molecule has 0 saturated heterocycles. The first-order valence-electron chi connectivity index (χ1n) is 9.54. The number of benzene rings is 1. The summed E-state index contributed by atoms with van der Waals surface area (Å²) < 4.78 is 10.3. The van der Waals surface area contributed by atoms with Gasteiger partial charge in [0.1, 0.15) is 17.6 Å². The van der Waals surface area contributed by atoms with Gasteiger partial charge in [-0.1, -0.05) is 13.3 Å². The van der Waals surface area contributed by atoms with Crippen LogP contribution in [0.1, 0.15) is 46.1 Å². The molecule has 1 amide bonds. The van der Waals surface area contributed by atoms with Gasteiger partial charge in [-0.15, -0.1) is 0 Å². The van der Waals surface area contributed by atoms with Crippen LogP contribution in [-0.4, -0.2) is 43.7 Å². The number of anilines is 1. The quantitative estimate of drug-likeness (QED) is 0.241. The Morgan fingerprint density at radius 2 is 2.03 bits per heavy atom. The molecular formula is C21H30N4O4. The van der Waals surface area contributed by atoms with Crippen molar-refractivity contribution in [1.82, 2.24) is 5.32 Å². The van der Waals surface area contributed by atoms with Crippen LogP contribution in [-0.2, 0) is 14.3 Å². The van der Waals surface area contributed by atoms with Crippen LogP contribution in [0.15, 0.2) is 35.0 Å². The fraction of sp³-hybridized carbons (Fsp3) is 0.429. The minimum absolute atomic E-state index is 0.116. The van der Waals surface area contributed by atoms with Gasteiger partial charge in [0.15, 0.2) is 0 Å². The molecule has 8 heteroatoms. The first kappa shape index (κ1) is 23.9. The SMILES string of the molecule is CCC/C=N/C(C)=C/C(=O)NC(=N)c1cc(NC(C)C(=O)OC)ccc1OCC. The van der Waals surface area contributed by atoms with Gasteiger partial charge in [0.25, 0.3) is 5.91 Å². The van der Waals surface area contributed by atoms with Crippen molar-refractivity contribution in [1.29, 1.82) is 5.41 Å². The number of esters is 1. The third-order valence-corrected chi connectivity index (χ3v) is 3.79. The number of ether oxygens (including phenoxy) is 2. The lowest BCUT2D eigenvalue weighted by atomic mass is 10.1. The number of unbranched alkanes of at least 4 members (excludes halogenated alkanes) is 1. The molecule has 8 nitrogen and oxygen atoms in total. The smallest absolute Gasteiger partial charge is 0.327 e. The predicted molar refractivity (Wildman–Crippen MR) is 115 cm³/mol. The molecular weight excluding hydrogens is 372 g/mol. The van der Waals surface area contributed by atoms with Gasteiger partial charge in [0.05, 0.1) is 19.3 Å². The Bertz CT molecular complexity index is 787. The van der Waals surface area contributed by atoms with Crippen molar-refractivity contribution >= 4 is 29.6 Å². The van der Waals surface area contributed by atoms with Gasteiger partial charge >= 0.3 is 5.97 Å². The molecule has 0 heterocycles. The van der Waals surface area contributed by atoms with Crippen LogP contribution < -0.4 is 15.4 Å². The lowest BCUT2D eigenvalue weighted by Crippen LogP contribution is -2.30. The van der Waals surface area contributed by atoms with E-state index in [2.05, 4.69) is 15.6 Å². The lowest BCUT2D eigenvalue weighted by molar-refractivity contribution is -0.141. The zero-order chi connectivity index (χ0) is 21.8. The summed E-state index contributed by atoms with van der Waals surface area (Å²) in [5.74, 6) is -0.525. The Morgan fingerprint density at radius 1 is 1.31 bits per heavy atom. The van der Waals surface area contributed by atoms with Crippen LogP contribution in [0.2, 0.25) is 0 Å². The summed E-state index contributed by atoms with van der Waals surface area (Å²) in [5.41, 5.74) is 1.54. The molecule has 3 N–H and O–H groups in total. The van der Waals surface area contributed by atoms with E-state index in [1.807, 2.05) is 13.8 Å². The number of aliphatic imine (C=N–C) groups is 1. The summed E-state index contributed by atoms with van der Waals surface area (Å²) in [4.78, 5) is 28.0. The Hall–Kier alpha value is -3.16. The normalized spacial score (nSPS) is 12.4. The average molecular weight is 402 g/mol. The van der Waals surface area contributed by atoms with Crippen LogP contribution >= 0.6 is 0 Å². The topological polar surface area (TPSA) is 113 Å². The summed E-state index contributed by atoms with van der Waals surface area (Å²) in [6.45, 7) is 7.67. The number of nitrogens with zero attached hydrogens (tertiary/aromatic N) is 1. The summed E-state index contributed by atoms with van der Waals surface area (Å²) >= 11 is 0. The van der Waals surface area contributed by atoms with E-state index >= 15 is 0 Å². The number of rotatable bonds is 10. The zero-order valence-electron chi connectivity index (χ0n) is 17.7. The highest BCUT2D eigenvalue weighted by Crippen LogP contribution is 2.23. The first-order valence-corrected chi connectivity index (χ1v) is 9.54. The second-order valence-electron chi connectivity index (χ2n) is 6.28. The molecule has 1 aromatic carbocycles. The standard InChI is InChI=1S/C21H30N4O4/c1-6-8-11-23-14(3)12-19(26)25-20(22)17-13-16(9-10-18(17)29-7-2)24-15(4)21(27)28-5/h9-13,15,24H,6-8H2,1-5H3,(H2,22,25,26)/b14-12+,23-11+. The van der Waals surface area contributed by atoms with Gasteiger partial charge in [-0.2, -0.15) is 0 Å². The van der Waals surface area contributed by atoms with Crippen LogP contribution in [0, 0.1) is 5.41 Å². The molecule has 0 spiro atoms. The highest BCUT2D eigenvalue weighted by atomic mass is 16.5. The number of amidine groups is 1. The van der Waals surface area contributed by atoms with Crippen LogP contribution in [0.5, 0.6) is 5.75 Å². The third-order valence-electron chi connectivity index (χ3n) is 3.79. The molecule has 0 radical (unpaired) electrons. The molecule has 0 aliphatic rings. The number of hydrogen-bond donors (Lipinski definition) is 3. The summed E-state index contributed by atoms with van der Waals surface area (Å²) in [7, 11) is 1.32. The summed E-state index contributed by atoms with van der Waals surface area (Å²) in [6, 6.07) is 4.49. The maximum atomic E-state index is 12.2. The molecule has 0 saturated carbocycles. The molecule has 158 valence electrons. The Labute approximate surface area is 171 Å². The number of carbonyl (C=O) groups excluding carboxylic acids is 2. The van der Waals surface area contributed by atoms with E-state index in [4.69, 9.17) is 14.9 Å². The second-order valence-corrected chi connectivity index (χ2v) is 6.28. The van der Waals surface area contributed by atoms with Gasteiger partial charge in [0.2, 0.25) is 0 Å². The van der Waals surface area contributed by atoms with Crippen LogP contribution in [0.4, 0.5) is 5.69 Å². The Kier molecular flexibility index (Phi) is 10.2. The first-order chi connectivity index (χ1) is 13.8. The van der Waals surface area contributed by atoms with Crippen molar-refractivity contribution < 1.29 is 19.1 Å². The zero-order valence-corrected chi connectivity index (χ0v) is 17.7. The lowest BCUT2D eigenvalue weighted by Gasteiger charge is -2.16. The van der Waals surface area contributed by atoms with E-state index in [9.17, 15) is 9.59 Å². The van der Waals surface area contributed by atoms with Crippen molar-refractivity contribution in [2.45, 2.75) is 46.6 Å². The number of hydrogen-bond acceptors (Lipinski definition) is 7. The second kappa shape index (κ2) is 12.3. The molecule has 1 atom stereocenters. The van der Waals surface area contributed by atoms with E-state index in [-0.39, 0.29) is 5.84 Å². The fourth-order valence-electron chi connectivity index (χ4n) is 2.37. The maximum Gasteiger partial charge on any atom is 0.327 e. The van der Waals surface area contributed by atoms with Crippen molar-refractivity contribution in [2.24, 2.45) is 4.99 Å². The van der Waals surface area contributed by atoms with Gasteiger partial charge in [0, 0.05) is 23.7 Å². The van der Waals surface area contributed by atoms with Crippen molar-refractivity contribution in [2.75, 3.05) is 19.0 Å². The van der Waals surface area contributed by atoms with Crippen molar-refractivity contribution in [3.63, 3.8) is 0 Å². The molecule has 1 rings (SSSR count). The summed E-state index contributed by atoms with van der Waals surface area (Å²) in [6.07, 6.45) is 4.91. The molecule has 0 aliphatic heterocycles. The fourth-order valence-corrected chi connectivity index (χ4v) is 2.37. The van der Waals surface area contributed by atoms with Crippen molar-refractivity contribution in [3.8, 4) is 5.75 Å². The number of methoxy groups -OCH3 is 1. The Balaban J connectivity index is 2.99. The van der Waals surface area contributed by atoms with Crippen LogP contribution in [0.3, 0.4) is 0 Å². The minimum atomic E-state index is -0.568. The van der Waals surface area contributed by atoms with Crippen LogP contribution in [0.25, 0.3) is 0 Å². The maximum absolute atomic E-state index is 12.2. The van der Waals surface area contributed by atoms with Gasteiger partial charge in [-0.25, -0.2) is 4.79 Å². The third kappa shape index (κ3) is 8.16. The predicted octanol–water partition coefficient (Wildman–Crippen LogP) is 3.27. The van der Waals surface area contributed by atoms with Gasteiger partial charge in [-0.05, 0) is 45.4 Å². The monoisotopic (exact) mass is 402 g/mol. The highest BCUT2D eigenvalue weighted by Gasteiger charge is 2.16. The largest absolute Gasteiger partial charge is 0.493 e. The van der Waals surface area contributed by atoms with Crippen molar-refractivity contribution in [3.05, 3.63) is 35.5 Å². The van der Waals surface area contributed by atoms with E-state index in [1.165, 1.54) is 13.2 Å². The van der Waals surface area contributed by atoms with Gasteiger partial charge in [-0.3, -0.25) is 15.2 Å². The molecule has 1 aromatic rings. The highest BCUT2D eigenvalue weighted by molar-refractivity contribution is 6.11. The number of carbonyl (C=O) groups is 2. The number of nitrogens with one attached hydrogen (secondary N) is 3. The molecule has 1 unspecified atom stereocenters. The number of amides is 1. The minimum Gasteiger partial charge on any atom is -0.493 e. The molecule has 0 fully saturated rings. The molecule has 29 heavy (non-hydrogen) atoms.